The number of hydrogen-bond donors (Lipinski definition) is 1. The predicted molar refractivity (Wildman–Crippen MR) is 63.5 cm³/mol. The van der Waals surface area contributed by atoms with E-state index in [-0.39, 0.29) is 0 Å². The number of aryl methyl sites for hydroxylation is 1. The molecule has 1 aromatic rings. The van der Waals surface area contributed by atoms with E-state index in [1.54, 1.807) is 18.3 Å². The van der Waals surface area contributed by atoms with Crippen molar-refractivity contribution in [1.82, 2.24) is 4.98 Å². The Morgan fingerprint density at radius 2 is 2.33 bits per heavy atom. The van der Waals surface area contributed by atoms with Crippen LogP contribution >= 0.6 is 11.3 Å². The minimum Gasteiger partial charge on any atom is -0.388 e. The molecule has 1 aliphatic rings. The van der Waals surface area contributed by atoms with E-state index in [2.05, 4.69) is 16.8 Å². The third kappa shape index (κ3) is 2.16. The molecule has 0 saturated carbocycles. The van der Waals surface area contributed by atoms with Crippen molar-refractivity contribution in [2.45, 2.75) is 33.3 Å². The first kappa shape index (κ1) is 10.9. The number of thiazole rings is 1. The molecule has 3 nitrogen and oxygen atoms in total. The van der Waals surface area contributed by atoms with Gasteiger partial charge >= 0.3 is 0 Å². The largest absolute Gasteiger partial charge is 0.388 e. The van der Waals surface area contributed by atoms with Crippen molar-refractivity contribution in [3.63, 3.8) is 0 Å². The maximum Gasteiger partial charge on any atom is 0.185 e. The average molecular weight is 226 g/mol. The lowest BCUT2D eigenvalue weighted by molar-refractivity contribution is 0.202. The van der Waals surface area contributed by atoms with Crippen molar-refractivity contribution in [2.75, 3.05) is 18.0 Å². The fourth-order valence-electron chi connectivity index (χ4n) is 2.03. The molecule has 0 amide bonds. The van der Waals surface area contributed by atoms with Crippen LogP contribution in [0.2, 0.25) is 0 Å². The van der Waals surface area contributed by atoms with Gasteiger partial charge in [-0.3, -0.25) is 0 Å². The van der Waals surface area contributed by atoms with E-state index in [4.69, 9.17) is 0 Å². The standard InChI is InChI=1S/C11H18N2OS/c1-7-4-5-13(6-7)11-12-8(2)10(15-11)9(3)14/h7,9,14H,4-6H2,1-3H3. The van der Waals surface area contributed by atoms with Crippen LogP contribution in [-0.4, -0.2) is 23.2 Å². The molecule has 1 N–H and O–H groups in total. The summed E-state index contributed by atoms with van der Waals surface area (Å²) in [5.74, 6) is 0.768. The third-order valence-corrected chi connectivity index (χ3v) is 4.28. The molecule has 0 aromatic carbocycles. The Hall–Kier alpha value is -0.610. The van der Waals surface area contributed by atoms with Crippen LogP contribution in [0.4, 0.5) is 5.13 Å². The van der Waals surface area contributed by atoms with Crippen LogP contribution in [0.15, 0.2) is 0 Å². The zero-order valence-corrected chi connectivity index (χ0v) is 10.3. The minimum atomic E-state index is -0.392. The lowest BCUT2D eigenvalue weighted by Gasteiger charge is -2.13. The number of aliphatic hydroxyl groups is 1. The zero-order valence-electron chi connectivity index (χ0n) is 9.53. The Bertz CT molecular complexity index is 348. The van der Waals surface area contributed by atoms with Crippen molar-refractivity contribution in [1.29, 1.82) is 0 Å². The van der Waals surface area contributed by atoms with Gasteiger partial charge in [-0.05, 0) is 26.2 Å². The number of rotatable bonds is 2. The van der Waals surface area contributed by atoms with Gasteiger partial charge < -0.3 is 10.0 Å². The highest BCUT2D eigenvalue weighted by atomic mass is 32.1. The van der Waals surface area contributed by atoms with Crippen LogP contribution in [0.25, 0.3) is 0 Å². The van der Waals surface area contributed by atoms with Crippen LogP contribution < -0.4 is 4.90 Å². The van der Waals surface area contributed by atoms with E-state index in [1.165, 1.54) is 6.42 Å². The molecular weight excluding hydrogens is 208 g/mol. The molecule has 2 heterocycles. The molecule has 1 aromatic heterocycles. The summed E-state index contributed by atoms with van der Waals surface area (Å²) in [5, 5.41) is 10.6. The molecule has 0 bridgehead atoms. The first-order chi connectivity index (χ1) is 7.08. The average Bonchev–Trinajstić information content (AvgIpc) is 2.71. The van der Waals surface area contributed by atoms with Gasteiger partial charge in [0.05, 0.1) is 16.7 Å². The second kappa shape index (κ2) is 4.10. The van der Waals surface area contributed by atoms with E-state index in [1.807, 2.05) is 6.92 Å². The lowest BCUT2D eigenvalue weighted by atomic mass is 10.2. The van der Waals surface area contributed by atoms with Gasteiger partial charge in [-0.25, -0.2) is 4.98 Å². The number of hydrogen-bond acceptors (Lipinski definition) is 4. The van der Waals surface area contributed by atoms with Gasteiger partial charge in [-0.2, -0.15) is 0 Å². The molecule has 2 rings (SSSR count). The van der Waals surface area contributed by atoms with Gasteiger partial charge in [0.1, 0.15) is 0 Å². The SMILES string of the molecule is Cc1nc(N2CCC(C)C2)sc1C(C)O. The van der Waals surface area contributed by atoms with E-state index in [0.717, 1.165) is 34.7 Å². The molecule has 0 radical (unpaired) electrons. The van der Waals surface area contributed by atoms with Crippen LogP contribution in [-0.2, 0) is 0 Å². The molecule has 1 aliphatic heterocycles. The fourth-order valence-corrected chi connectivity index (χ4v) is 3.06. The van der Waals surface area contributed by atoms with Crippen molar-refractivity contribution >= 4 is 16.5 Å². The quantitative estimate of drug-likeness (QED) is 0.841. The smallest absolute Gasteiger partial charge is 0.185 e. The highest BCUT2D eigenvalue weighted by Crippen LogP contribution is 2.33. The number of aromatic nitrogens is 1. The van der Waals surface area contributed by atoms with Gasteiger partial charge in [0.25, 0.3) is 0 Å². The maximum atomic E-state index is 9.56. The summed E-state index contributed by atoms with van der Waals surface area (Å²) < 4.78 is 0. The number of nitrogens with zero attached hydrogens (tertiary/aromatic N) is 2. The molecule has 0 aliphatic carbocycles. The highest BCUT2D eigenvalue weighted by Gasteiger charge is 2.23. The normalized spacial score (nSPS) is 23.5. The number of aliphatic hydroxyl groups excluding tert-OH is 1. The van der Waals surface area contributed by atoms with Crippen LogP contribution in [0.5, 0.6) is 0 Å². The van der Waals surface area contributed by atoms with E-state index in [0.29, 0.717) is 0 Å². The van der Waals surface area contributed by atoms with Crippen molar-refractivity contribution in [3.8, 4) is 0 Å². The van der Waals surface area contributed by atoms with Gasteiger partial charge in [-0.15, -0.1) is 0 Å². The van der Waals surface area contributed by atoms with Gasteiger partial charge in [-0.1, -0.05) is 18.3 Å². The Kier molecular flexibility index (Phi) is 2.98. The van der Waals surface area contributed by atoms with Gasteiger partial charge in [0.15, 0.2) is 5.13 Å². The summed E-state index contributed by atoms with van der Waals surface area (Å²) >= 11 is 1.63. The summed E-state index contributed by atoms with van der Waals surface area (Å²) in [6.07, 6.45) is 0.860. The topological polar surface area (TPSA) is 36.4 Å². The minimum absolute atomic E-state index is 0.392. The Labute approximate surface area is 94.8 Å². The summed E-state index contributed by atoms with van der Waals surface area (Å²) in [7, 11) is 0. The Morgan fingerprint density at radius 3 is 2.80 bits per heavy atom. The second-order valence-electron chi connectivity index (χ2n) is 4.46. The van der Waals surface area contributed by atoms with Crippen LogP contribution in [0.1, 0.15) is 36.9 Å². The molecule has 15 heavy (non-hydrogen) atoms. The van der Waals surface area contributed by atoms with E-state index in [9.17, 15) is 5.11 Å². The highest BCUT2D eigenvalue weighted by molar-refractivity contribution is 7.15. The maximum absolute atomic E-state index is 9.56. The molecule has 4 heteroatoms. The van der Waals surface area contributed by atoms with Crippen LogP contribution in [0, 0.1) is 12.8 Å². The number of anilines is 1. The first-order valence-corrected chi connectivity index (χ1v) is 6.30. The lowest BCUT2D eigenvalue weighted by Crippen LogP contribution is -2.18. The van der Waals surface area contributed by atoms with Gasteiger partial charge in [0.2, 0.25) is 0 Å². The predicted octanol–water partition coefficient (Wildman–Crippen LogP) is 2.35. The fraction of sp³-hybridized carbons (Fsp3) is 0.727. The van der Waals surface area contributed by atoms with Crippen molar-refractivity contribution in [3.05, 3.63) is 10.6 Å². The molecule has 1 saturated heterocycles. The van der Waals surface area contributed by atoms with Crippen molar-refractivity contribution < 1.29 is 5.11 Å². The molecule has 1 fully saturated rings. The summed E-state index contributed by atoms with van der Waals surface area (Å²) in [4.78, 5) is 7.86. The Balaban J connectivity index is 2.19. The van der Waals surface area contributed by atoms with Gasteiger partial charge in [0, 0.05) is 13.1 Å². The summed E-state index contributed by atoms with van der Waals surface area (Å²) in [6.45, 7) is 8.26. The van der Waals surface area contributed by atoms with E-state index < -0.39 is 6.10 Å². The zero-order chi connectivity index (χ0) is 11.0. The first-order valence-electron chi connectivity index (χ1n) is 5.48. The van der Waals surface area contributed by atoms with Crippen LogP contribution in [0.3, 0.4) is 0 Å². The summed E-state index contributed by atoms with van der Waals surface area (Å²) in [6, 6.07) is 0. The van der Waals surface area contributed by atoms with Crippen molar-refractivity contribution in [2.24, 2.45) is 5.92 Å². The molecular formula is C11H18N2OS. The molecule has 84 valence electrons. The Morgan fingerprint density at radius 1 is 1.60 bits per heavy atom. The molecule has 2 unspecified atom stereocenters. The summed E-state index contributed by atoms with van der Waals surface area (Å²) in [5.41, 5.74) is 0.976. The third-order valence-electron chi connectivity index (χ3n) is 2.90. The molecule has 0 spiro atoms. The van der Waals surface area contributed by atoms with E-state index >= 15 is 0 Å². The molecule has 2 atom stereocenters. The second-order valence-corrected chi connectivity index (χ2v) is 5.47. The monoisotopic (exact) mass is 226 g/mol.